The van der Waals surface area contributed by atoms with E-state index in [0.717, 1.165) is 22.2 Å². The molecule has 0 aliphatic heterocycles. The van der Waals surface area contributed by atoms with Gasteiger partial charge in [0.05, 0.1) is 5.39 Å². The van der Waals surface area contributed by atoms with Crippen LogP contribution in [0.5, 0.6) is 0 Å². The number of pyridine rings is 2. The van der Waals surface area contributed by atoms with Crippen LogP contribution >= 0.6 is 0 Å². The predicted molar refractivity (Wildman–Crippen MR) is 55.0 cm³/mol. The Hall–Kier alpha value is -2.23. The molecule has 0 aliphatic carbocycles. The highest BCUT2D eigenvalue weighted by molar-refractivity contribution is 5.90. The summed E-state index contributed by atoms with van der Waals surface area (Å²) in [5, 5.41) is 4.92. The van der Waals surface area contributed by atoms with Crippen LogP contribution in [0.4, 0.5) is 0 Å². The van der Waals surface area contributed by atoms with E-state index in [4.69, 9.17) is 4.52 Å². The van der Waals surface area contributed by atoms with Gasteiger partial charge in [0.2, 0.25) is 0 Å². The van der Waals surface area contributed by atoms with Crippen molar-refractivity contribution in [1.29, 1.82) is 0 Å². The molecule has 72 valence electrons. The van der Waals surface area contributed by atoms with Gasteiger partial charge in [-0.3, -0.25) is 9.97 Å². The zero-order chi connectivity index (χ0) is 10.1. The van der Waals surface area contributed by atoms with E-state index in [9.17, 15) is 0 Å². The van der Waals surface area contributed by atoms with Gasteiger partial charge in [-0.15, -0.1) is 0 Å². The molecular formula is C11H7N3O. The van der Waals surface area contributed by atoms with E-state index in [1.807, 2.05) is 12.1 Å². The SMILES string of the molecule is c1cncc(-c2noc3ccncc23)c1. The molecule has 0 N–H and O–H groups in total. The van der Waals surface area contributed by atoms with Gasteiger partial charge in [0.15, 0.2) is 5.58 Å². The van der Waals surface area contributed by atoms with Crippen molar-refractivity contribution in [3.8, 4) is 11.3 Å². The van der Waals surface area contributed by atoms with Crippen molar-refractivity contribution in [3.63, 3.8) is 0 Å². The lowest BCUT2D eigenvalue weighted by Crippen LogP contribution is -1.79. The van der Waals surface area contributed by atoms with Crippen LogP contribution in [0, 0.1) is 0 Å². The van der Waals surface area contributed by atoms with Gasteiger partial charge in [-0.25, -0.2) is 0 Å². The Balaban J connectivity index is 2.28. The molecule has 0 radical (unpaired) electrons. The van der Waals surface area contributed by atoms with Crippen LogP contribution < -0.4 is 0 Å². The molecule has 0 fully saturated rings. The maximum absolute atomic E-state index is 5.19. The number of hydrogen-bond acceptors (Lipinski definition) is 4. The molecule has 0 atom stereocenters. The Bertz CT molecular complexity index is 589. The summed E-state index contributed by atoms with van der Waals surface area (Å²) in [6, 6.07) is 5.60. The summed E-state index contributed by atoms with van der Waals surface area (Å²) in [4.78, 5) is 8.10. The number of fused-ring (bicyclic) bond motifs is 1. The van der Waals surface area contributed by atoms with Crippen LogP contribution in [-0.2, 0) is 0 Å². The highest BCUT2D eigenvalue weighted by Crippen LogP contribution is 2.25. The molecule has 3 heterocycles. The van der Waals surface area contributed by atoms with Gasteiger partial charge < -0.3 is 4.52 Å². The molecule has 0 unspecified atom stereocenters. The van der Waals surface area contributed by atoms with Gasteiger partial charge in [-0.05, 0) is 12.1 Å². The molecule has 0 aromatic carbocycles. The first-order valence-electron chi connectivity index (χ1n) is 4.55. The molecule has 4 nitrogen and oxygen atoms in total. The van der Waals surface area contributed by atoms with Gasteiger partial charge in [0.25, 0.3) is 0 Å². The molecule has 15 heavy (non-hydrogen) atoms. The fraction of sp³-hybridized carbons (Fsp3) is 0. The minimum absolute atomic E-state index is 0.740. The van der Waals surface area contributed by atoms with Crippen LogP contribution in [0.3, 0.4) is 0 Å². The second kappa shape index (κ2) is 3.16. The van der Waals surface area contributed by atoms with Crippen molar-refractivity contribution in [2.45, 2.75) is 0 Å². The number of nitrogens with zero attached hydrogens (tertiary/aromatic N) is 3. The monoisotopic (exact) mass is 197 g/mol. The van der Waals surface area contributed by atoms with E-state index in [0.29, 0.717) is 0 Å². The molecule has 0 amide bonds. The summed E-state index contributed by atoms with van der Waals surface area (Å²) in [6.07, 6.45) is 6.91. The third kappa shape index (κ3) is 1.27. The van der Waals surface area contributed by atoms with Gasteiger partial charge in [0.1, 0.15) is 5.69 Å². The summed E-state index contributed by atoms with van der Waals surface area (Å²) in [5.74, 6) is 0. The molecule has 0 aliphatic rings. The van der Waals surface area contributed by atoms with Crippen molar-refractivity contribution in [2.24, 2.45) is 0 Å². The fourth-order valence-corrected chi connectivity index (χ4v) is 1.49. The van der Waals surface area contributed by atoms with E-state index < -0.39 is 0 Å². The minimum atomic E-state index is 0.740. The lowest BCUT2D eigenvalue weighted by Gasteiger charge is -1.93. The highest BCUT2D eigenvalue weighted by atomic mass is 16.5. The summed E-state index contributed by atoms with van der Waals surface area (Å²) in [5.41, 5.74) is 2.46. The highest BCUT2D eigenvalue weighted by Gasteiger charge is 2.09. The second-order valence-corrected chi connectivity index (χ2v) is 3.14. The maximum atomic E-state index is 5.19. The smallest absolute Gasteiger partial charge is 0.170 e. The van der Waals surface area contributed by atoms with E-state index in [-0.39, 0.29) is 0 Å². The Kier molecular flexibility index (Phi) is 1.71. The van der Waals surface area contributed by atoms with E-state index >= 15 is 0 Å². The van der Waals surface area contributed by atoms with Crippen LogP contribution in [0.25, 0.3) is 22.2 Å². The lowest BCUT2D eigenvalue weighted by atomic mass is 10.1. The predicted octanol–water partition coefficient (Wildman–Crippen LogP) is 2.28. The first-order valence-corrected chi connectivity index (χ1v) is 4.55. The third-order valence-corrected chi connectivity index (χ3v) is 2.21. The van der Waals surface area contributed by atoms with Crippen LogP contribution in [0.2, 0.25) is 0 Å². The molecule has 0 spiro atoms. The van der Waals surface area contributed by atoms with E-state index in [2.05, 4.69) is 15.1 Å². The molecular weight excluding hydrogens is 190 g/mol. The molecule has 0 saturated carbocycles. The summed E-state index contributed by atoms with van der Waals surface area (Å²) >= 11 is 0. The third-order valence-electron chi connectivity index (χ3n) is 2.21. The largest absolute Gasteiger partial charge is 0.356 e. The van der Waals surface area contributed by atoms with Crippen LogP contribution in [0.1, 0.15) is 0 Å². The number of hydrogen-bond donors (Lipinski definition) is 0. The Labute approximate surface area is 85.6 Å². The Morgan fingerprint density at radius 1 is 1.00 bits per heavy atom. The summed E-state index contributed by atoms with van der Waals surface area (Å²) in [7, 11) is 0. The summed E-state index contributed by atoms with van der Waals surface area (Å²) < 4.78 is 5.19. The molecule has 3 aromatic heterocycles. The second-order valence-electron chi connectivity index (χ2n) is 3.14. The first-order chi connectivity index (χ1) is 7.45. The maximum Gasteiger partial charge on any atom is 0.170 e. The number of aromatic nitrogens is 3. The van der Waals surface area contributed by atoms with Gasteiger partial charge in [-0.2, -0.15) is 0 Å². The van der Waals surface area contributed by atoms with Gasteiger partial charge >= 0.3 is 0 Å². The van der Waals surface area contributed by atoms with Crippen LogP contribution in [0.15, 0.2) is 47.5 Å². The normalized spacial score (nSPS) is 10.7. The fourth-order valence-electron chi connectivity index (χ4n) is 1.49. The van der Waals surface area contributed by atoms with Crippen molar-refractivity contribution in [3.05, 3.63) is 43.0 Å². The Morgan fingerprint density at radius 3 is 2.80 bits per heavy atom. The zero-order valence-electron chi connectivity index (χ0n) is 7.79. The molecule has 4 heteroatoms. The van der Waals surface area contributed by atoms with Gasteiger partial charge in [-0.1, -0.05) is 5.16 Å². The van der Waals surface area contributed by atoms with E-state index in [1.165, 1.54) is 0 Å². The lowest BCUT2D eigenvalue weighted by molar-refractivity contribution is 0.459. The molecule has 3 aromatic rings. The average molecular weight is 197 g/mol. The van der Waals surface area contributed by atoms with Crippen molar-refractivity contribution >= 4 is 11.0 Å². The standard InChI is InChI=1S/C11H7N3O/c1-2-8(6-12-4-1)11-9-7-13-5-3-10(9)15-14-11/h1-7H. The van der Waals surface area contributed by atoms with Crippen molar-refractivity contribution in [1.82, 2.24) is 15.1 Å². The van der Waals surface area contributed by atoms with E-state index in [1.54, 1.807) is 30.9 Å². The Morgan fingerprint density at radius 2 is 1.93 bits per heavy atom. The van der Waals surface area contributed by atoms with Crippen LogP contribution in [-0.4, -0.2) is 15.1 Å². The van der Waals surface area contributed by atoms with Crippen molar-refractivity contribution in [2.75, 3.05) is 0 Å². The number of rotatable bonds is 1. The first kappa shape index (κ1) is 8.11. The minimum Gasteiger partial charge on any atom is -0.356 e. The average Bonchev–Trinajstić information content (AvgIpc) is 2.74. The molecule has 0 saturated heterocycles. The molecule has 0 bridgehead atoms. The summed E-state index contributed by atoms with van der Waals surface area (Å²) in [6.45, 7) is 0. The van der Waals surface area contributed by atoms with Crippen molar-refractivity contribution < 1.29 is 4.52 Å². The van der Waals surface area contributed by atoms with Gasteiger partial charge in [0, 0.05) is 36.4 Å². The molecule has 3 rings (SSSR count). The zero-order valence-corrected chi connectivity index (χ0v) is 7.79. The topological polar surface area (TPSA) is 51.8 Å². The quantitative estimate of drug-likeness (QED) is 0.600.